The lowest BCUT2D eigenvalue weighted by Gasteiger charge is -2.20. The number of anilines is 1. The Kier molecular flexibility index (Phi) is 4.22. The third-order valence-electron chi connectivity index (χ3n) is 4.27. The standard InChI is InChI=1S/C16H25N3O/c1-12-7-14(8-17-15-3-4-15)9-18-16(12)19-6-5-13(10-19)11-20-2/h7,9,13,15,17H,3-6,8,10-11H2,1-2H3. The van der Waals surface area contributed by atoms with Crippen LogP contribution in [0.4, 0.5) is 5.82 Å². The summed E-state index contributed by atoms with van der Waals surface area (Å²) in [6.07, 6.45) is 5.90. The predicted molar refractivity (Wildman–Crippen MR) is 81.0 cm³/mol. The number of pyridine rings is 1. The fourth-order valence-electron chi connectivity index (χ4n) is 3.00. The molecule has 1 aromatic rings. The van der Waals surface area contributed by atoms with Gasteiger partial charge in [-0.1, -0.05) is 0 Å². The van der Waals surface area contributed by atoms with E-state index in [0.717, 1.165) is 38.1 Å². The summed E-state index contributed by atoms with van der Waals surface area (Å²) in [4.78, 5) is 7.10. The monoisotopic (exact) mass is 275 g/mol. The van der Waals surface area contributed by atoms with E-state index in [2.05, 4.69) is 23.2 Å². The molecule has 2 heterocycles. The van der Waals surface area contributed by atoms with Crippen molar-refractivity contribution in [3.05, 3.63) is 23.4 Å². The lowest BCUT2D eigenvalue weighted by molar-refractivity contribution is 0.161. The molecule has 1 unspecified atom stereocenters. The smallest absolute Gasteiger partial charge is 0.131 e. The average Bonchev–Trinajstić information content (AvgIpc) is 3.16. The van der Waals surface area contributed by atoms with Gasteiger partial charge in [0.05, 0.1) is 6.61 Å². The summed E-state index contributed by atoms with van der Waals surface area (Å²) in [5.74, 6) is 1.80. The number of rotatable bonds is 6. The molecule has 1 aliphatic heterocycles. The fourth-order valence-corrected chi connectivity index (χ4v) is 3.00. The highest BCUT2D eigenvalue weighted by molar-refractivity contribution is 5.48. The van der Waals surface area contributed by atoms with Gasteiger partial charge in [0.25, 0.3) is 0 Å². The van der Waals surface area contributed by atoms with Crippen LogP contribution < -0.4 is 10.2 Å². The summed E-state index contributed by atoms with van der Waals surface area (Å²) < 4.78 is 5.26. The van der Waals surface area contributed by atoms with Crippen LogP contribution in [0.3, 0.4) is 0 Å². The Hall–Kier alpha value is -1.13. The van der Waals surface area contributed by atoms with Crippen LogP contribution in [0.1, 0.15) is 30.4 Å². The van der Waals surface area contributed by atoms with E-state index in [1.54, 1.807) is 7.11 Å². The third kappa shape index (κ3) is 3.30. The van der Waals surface area contributed by atoms with E-state index >= 15 is 0 Å². The molecule has 4 nitrogen and oxygen atoms in total. The Morgan fingerprint density at radius 2 is 2.25 bits per heavy atom. The SMILES string of the molecule is COCC1CCN(c2ncc(CNC3CC3)cc2C)C1. The summed E-state index contributed by atoms with van der Waals surface area (Å²) in [6, 6.07) is 3.03. The van der Waals surface area contributed by atoms with Crippen LogP contribution in [0.15, 0.2) is 12.3 Å². The number of aryl methyl sites for hydroxylation is 1. The van der Waals surface area contributed by atoms with Gasteiger partial charge in [0.2, 0.25) is 0 Å². The number of ether oxygens (including phenoxy) is 1. The maximum atomic E-state index is 5.26. The highest BCUT2D eigenvalue weighted by Crippen LogP contribution is 2.26. The zero-order chi connectivity index (χ0) is 13.9. The molecular formula is C16H25N3O. The van der Waals surface area contributed by atoms with Gasteiger partial charge < -0.3 is 15.0 Å². The van der Waals surface area contributed by atoms with Gasteiger partial charge in [-0.15, -0.1) is 0 Å². The van der Waals surface area contributed by atoms with Crippen molar-refractivity contribution < 1.29 is 4.74 Å². The molecule has 1 saturated heterocycles. The van der Waals surface area contributed by atoms with Gasteiger partial charge in [-0.25, -0.2) is 4.98 Å². The van der Waals surface area contributed by atoms with E-state index in [-0.39, 0.29) is 0 Å². The first-order valence-corrected chi connectivity index (χ1v) is 7.69. The Bertz CT molecular complexity index is 459. The summed E-state index contributed by atoms with van der Waals surface area (Å²) in [5, 5.41) is 3.54. The number of methoxy groups -OCH3 is 1. The zero-order valence-electron chi connectivity index (χ0n) is 12.6. The second-order valence-corrected chi connectivity index (χ2v) is 6.20. The number of nitrogens with zero attached hydrogens (tertiary/aromatic N) is 2. The molecule has 1 saturated carbocycles. The highest BCUT2D eigenvalue weighted by Gasteiger charge is 2.24. The van der Waals surface area contributed by atoms with Gasteiger partial charge in [0.1, 0.15) is 5.82 Å². The molecule has 1 aliphatic carbocycles. The second-order valence-electron chi connectivity index (χ2n) is 6.20. The Balaban J connectivity index is 1.61. The molecule has 1 aromatic heterocycles. The molecule has 0 aromatic carbocycles. The molecule has 1 N–H and O–H groups in total. The van der Waals surface area contributed by atoms with Crippen LogP contribution in [-0.4, -0.2) is 37.8 Å². The molecule has 2 fully saturated rings. The molecule has 1 atom stereocenters. The van der Waals surface area contributed by atoms with Crippen LogP contribution in [0.5, 0.6) is 0 Å². The second kappa shape index (κ2) is 6.10. The third-order valence-corrected chi connectivity index (χ3v) is 4.27. The molecular weight excluding hydrogens is 250 g/mol. The van der Waals surface area contributed by atoms with E-state index in [9.17, 15) is 0 Å². The first-order valence-electron chi connectivity index (χ1n) is 7.69. The summed E-state index contributed by atoms with van der Waals surface area (Å²) >= 11 is 0. The first-order chi connectivity index (χ1) is 9.76. The largest absolute Gasteiger partial charge is 0.384 e. The van der Waals surface area contributed by atoms with Crippen molar-refractivity contribution >= 4 is 5.82 Å². The van der Waals surface area contributed by atoms with Gasteiger partial charge in [0.15, 0.2) is 0 Å². The van der Waals surface area contributed by atoms with E-state index in [4.69, 9.17) is 9.72 Å². The van der Waals surface area contributed by atoms with Crippen molar-refractivity contribution in [3.8, 4) is 0 Å². The molecule has 20 heavy (non-hydrogen) atoms. The minimum absolute atomic E-state index is 0.650. The topological polar surface area (TPSA) is 37.4 Å². The molecule has 0 radical (unpaired) electrons. The molecule has 110 valence electrons. The van der Waals surface area contributed by atoms with E-state index in [0.29, 0.717) is 5.92 Å². The van der Waals surface area contributed by atoms with Crippen LogP contribution in [0, 0.1) is 12.8 Å². The van der Waals surface area contributed by atoms with Crippen molar-refractivity contribution in [2.24, 2.45) is 5.92 Å². The Morgan fingerprint density at radius 1 is 1.40 bits per heavy atom. The highest BCUT2D eigenvalue weighted by atomic mass is 16.5. The van der Waals surface area contributed by atoms with Crippen molar-refractivity contribution in [3.63, 3.8) is 0 Å². The van der Waals surface area contributed by atoms with Crippen LogP contribution in [-0.2, 0) is 11.3 Å². The van der Waals surface area contributed by atoms with E-state index in [1.807, 2.05) is 6.20 Å². The Morgan fingerprint density at radius 3 is 2.95 bits per heavy atom. The van der Waals surface area contributed by atoms with Crippen molar-refractivity contribution in [2.75, 3.05) is 31.7 Å². The molecule has 2 aliphatic rings. The molecule has 3 rings (SSSR count). The van der Waals surface area contributed by atoms with Crippen LogP contribution >= 0.6 is 0 Å². The summed E-state index contributed by atoms with van der Waals surface area (Å²) in [5.41, 5.74) is 2.59. The number of hydrogen-bond acceptors (Lipinski definition) is 4. The van der Waals surface area contributed by atoms with Gasteiger partial charge in [-0.3, -0.25) is 0 Å². The van der Waals surface area contributed by atoms with Gasteiger partial charge in [-0.05, 0) is 43.4 Å². The minimum atomic E-state index is 0.650. The number of hydrogen-bond donors (Lipinski definition) is 1. The maximum Gasteiger partial charge on any atom is 0.131 e. The van der Waals surface area contributed by atoms with Gasteiger partial charge in [0, 0.05) is 44.9 Å². The van der Waals surface area contributed by atoms with E-state index in [1.165, 1.54) is 30.4 Å². The summed E-state index contributed by atoms with van der Waals surface area (Å²) in [7, 11) is 1.79. The van der Waals surface area contributed by atoms with Crippen molar-refractivity contribution in [1.29, 1.82) is 0 Å². The molecule has 0 amide bonds. The summed E-state index contributed by atoms with van der Waals surface area (Å²) in [6.45, 7) is 6.15. The van der Waals surface area contributed by atoms with Crippen molar-refractivity contribution in [2.45, 2.75) is 38.8 Å². The van der Waals surface area contributed by atoms with Crippen molar-refractivity contribution in [1.82, 2.24) is 10.3 Å². The molecule has 0 spiro atoms. The quantitative estimate of drug-likeness (QED) is 0.863. The number of nitrogens with one attached hydrogen (secondary N) is 1. The first kappa shape index (κ1) is 13.8. The Labute approximate surface area is 121 Å². The normalized spacial score (nSPS) is 22.5. The maximum absolute atomic E-state index is 5.26. The zero-order valence-corrected chi connectivity index (χ0v) is 12.6. The van der Waals surface area contributed by atoms with E-state index < -0.39 is 0 Å². The number of aromatic nitrogens is 1. The minimum Gasteiger partial charge on any atom is -0.384 e. The molecule has 0 bridgehead atoms. The van der Waals surface area contributed by atoms with Crippen LogP contribution in [0.25, 0.3) is 0 Å². The lowest BCUT2D eigenvalue weighted by atomic mass is 10.1. The van der Waals surface area contributed by atoms with Gasteiger partial charge >= 0.3 is 0 Å². The predicted octanol–water partition coefficient (Wildman–Crippen LogP) is 2.11. The van der Waals surface area contributed by atoms with Gasteiger partial charge in [-0.2, -0.15) is 0 Å². The average molecular weight is 275 g/mol. The molecule has 4 heteroatoms. The lowest BCUT2D eigenvalue weighted by Crippen LogP contribution is -2.23. The fraction of sp³-hybridized carbons (Fsp3) is 0.688. The van der Waals surface area contributed by atoms with Crippen LogP contribution in [0.2, 0.25) is 0 Å².